The van der Waals surface area contributed by atoms with Crippen molar-refractivity contribution in [2.75, 3.05) is 26.4 Å². The normalized spacial score (nSPS) is 27.2. The third kappa shape index (κ3) is 4.71. The van der Waals surface area contributed by atoms with E-state index in [4.69, 9.17) is 18.9 Å². The summed E-state index contributed by atoms with van der Waals surface area (Å²) in [6.07, 6.45) is 0.992. The lowest BCUT2D eigenvalue weighted by molar-refractivity contribution is -0.248. The van der Waals surface area contributed by atoms with Gasteiger partial charge < -0.3 is 18.9 Å². The van der Waals surface area contributed by atoms with Crippen LogP contribution in [-0.4, -0.2) is 66.2 Å². The van der Waals surface area contributed by atoms with Gasteiger partial charge in [-0.05, 0) is 34.6 Å². The molecule has 0 bridgehead atoms. The van der Waals surface area contributed by atoms with Gasteiger partial charge in [0.25, 0.3) is 0 Å². The van der Waals surface area contributed by atoms with Gasteiger partial charge in [-0.1, -0.05) is 0 Å². The third-order valence-corrected chi connectivity index (χ3v) is 4.84. The first-order valence-electron chi connectivity index (χ1n) is 8.88. The summed E-state index contributed by atoms with van der Waals surface area (Å²) < 4.78 is 22.4. The van der Waals surface area contributed by atoms with Gasteiger partial charge in [0.2, 0.25) is 0 Å². The zero-order valence-corrected chi connectivity index (χ0v) is 16.2. The average molecular weight is 357 g/mol. The van der Waals surface area contributed by atoms with Gasteiger partial charge in [-0.15, -0.1) is 0 Å². The van der Waals surface area contributed by atoms with Crippen LogP contribution in [0.4, 0.5) is 0 Å². The fourth-order valence-corrected chi connectivity index (χ4v) is 4.25. The predicted molar refractivity (Wildman–Crippen MR) is 90.9 cm³/mol. The van der Waals surface area contributed by atoms with Gasteiger partial charge in [0.05, 0.1) is 19.8 Å². The molecule has 2 fully saturated rings. The van der Waals surface area contributed by atoms with Gasteiger partial charge in [-0.25, -0.2) is 0 Å². The summed E-state index contributed by atoms with van der Waals surface area (Å²) in [4.78, 5) is 25.2. The van der Waals surface area contributed by atoms with Gasteiger partial charge in [-0.3, -0.25) is 14.5 Å². The maximum absolute atomic E-state index is 12.0. The van der Waals surface area contributed by atoms with E-state index in [1.54, 1.807) is 0 Å². The zero-order valence-electron chi connectivity index (χ0n) is 16.2. The summed E-state index contributed by atoms with van der Waals surface area (Å²) in [5, 5.41) is 0. The molecule has 0 radical (unpaired) electrons. The lowest BCUT2D eigenvalue weighted by atomic mass is 9.76. The number of likely N-dealkylation sites (tertiary alicyclic amines) is 1. The Morgan fingerprint density at radius 2 is 1.72 bits per heavy atom. The monoisotopic (exact) mass is 357 g/mol. The molecule has 0 aliphatic carbocycles. The Hall–Kier alpha value is -1.18. The van der Waals surface area contributed by atoms with Crippen molar-refractivity contribution in [2.45, 2.75) is 77.4 Å². The maximum Gasteiger partial charge on any atom is 0.320 e. The number of carbonyl (C=O) groups is 2. The highest BCUT2D eigenvalue weighted by Gasteiger charge is 2.57. The molecule has 0 aromatic heterocycles. The van der Waals surface area contributed by atoms with Crippen LogP contribution in [0.3, 0.4) is 0 Å². The molecule has 0 aromatic rings. The van der Waals surface area contributed by atoms with E-state index >= 15 is 0 Å². The van der Waals surface area contributed by atoms with E-state index in [1.807, 2.05) is 6.92 Å². The van der Waals surface area contributed by atoms with Crippen molar-refractivity contribution in [2.24, 2.45) is 0 Å². The molecule has 0 aromatic carbocycles. The molecule has 7 nitrogen and oxygen atoms in total. The fourth-order valence-electron chi connectivity index (χ4n) is 4.25. The topological polar surface area (TPSA) is 74.3 Å². The second kappa shape index (κ2) is 7.21. The third-order valence-electron chi connectivity index (χ3n) is 4.84. The van der Waals surface area contributed by atoms with E-state index in [1.165, 1.54) is 6.92 Å². The summed E-state index contributed by atoms with van der Waals surface area (Å²) in [6, 6.07) is 0. The van der Waals surface area contributed by atoms with Crippen molar-refractivity contribution in [1.29, 1.82) is 0 Å². The van der Waals surface area contributed by atoms with Gasteiger partial charge in [0.15, 0.2) is 5.79 Å². The molecule has 0 saturated carbocycles. The first kappa shape index (κ1) is 20.1. The molecule has 1 atom stereocenters. The summed E-state index contributed by atoms with van der Waals surface area (Å²) >= 11 is 0. The van der Waals surface area contributed by atoms with Crippen LogP contribution in [0.5, 0.6) is 0 Å². The van der Waals surface area contributed by atoms with Crippen molar-refractivity contribution in [3.8, 4) is 0 Å². The zero-order chi connectivity index (χ0) is 18.9. The van der Waals surface area contributed by atoms with Crippen LogP contribution in [0.1, 0.15) is 54.4 Å². The number of hydrogen-bond acceptors (Lipinski definition) is 7. The molecule has 2 aliphatic heterocycles. The van der Waals surface area contributed by atoms with E-state index in [0.29, 0.717) is 26.1 Å². The van der Waals surface area contributed by atoms with Crippen LogP contribution in [-0.2, 0) is 28.5 Å². The number of nitrogens with zero attached hydrogens (tertiary/aromatic N) is 1. The molecular weight excluding hydrogens is 326 g/mol. The van der Waals surface area contributed by atoms with Gasteiger partial charge in [0, 0.05) is 30.8 Å². The molecule has 2 saturated heterocycles. The number of piperidine rings is 1. The summed E-state index contributed by atoms with van der Waals surface area (Å²) in [5.41, 5.74) is -0.629. The van der Waals surface area contributed by atoms with Crippen molar-refractivity contribution in [3.05, 3.63) is 0 Å². The minimum Gasteiger partial charge on any atom is -0.465 e. The van der Waals surface area contributed by atoms with E-state index in [0.717, 1.165) is 0 Å². The molecule has 0 N–H and O–H groups in total. The number of ether oxygens (including phenoxy) is 4. The Morgan fingerprint density at radius 1 is 1.12 bits per heavy atom. The van der Waals surface area contributed by atoms with Crippen LogP contribution in [0.15, 0.2) is 0 Å². The lowest BCUT2D eigenvalue weighted by Gasteiger charge is -2.57. The molecule has 144 valence electrons. The Labute approximate surface area is 149 Å². The first-order valence-corrected chi connectivity index (χ1v) is 8.88. The minimum atomic E-state index is -0.719. The average Bonchev–Trinajstić information content (AvgIpc) is 2.82. The quantitative estimate of drug-likeness (QED) is 0.696. The number of carbonyl (C=O) groups excluding carboxylic acids is 2. The van der Waals surface area contributed by atoms with Crippen molar-refractivity contribution >= 4 is 11.9 Å². The lowest BCUT2D eigenvalue weighted by Crippen LogP contribution is -2.66. The number of hydrogen-bond donors (Lipinski definition) is 0. The van der Waals surface area contributed by atoms with Gasteiger partial charge in [-0.2, -0.15) is 0 Å². The Kier molecular flexibility index (Phi) is 5.81. The second-order valence-corrected chi connectivity index (χ2v) is 8.13. The summed E-state index contributed by atoms with van der Waals surface area (Å²) in [6.45, 7) is 12.7. The van der Waals surface area contributed by atoms with E-state index in [-0.39, 0.29) is 42.3 Å². The SMILES string of the molecule is CCOC(=O)CN1C(C)(C)CC2(CC1(C)C)OCC(COC(C)=O)O2. The molecule has 25 heavy (non-hydrogen) atoms. The van der Waals surface area contributed by atoms with Crippen LogP contribution < -0.4 is 0 Å². The largest absolute Gasteiger partial charge is 0.465 e. The highest BCUT2D eigenvalue weighted by atomic mass is 16.8. The molecule has 7 heteroatoms. The predicted octanol–water partition coefficient (Wildman–Crippen LogP) is 1.88. The highest BCUT2D eigenvalue weighted by Crippen LogP contribution is 2.48. The van der Waals surface area contributed by atoms with Crippen LogP contribution in [0, 0.1) is 0 Å². The van der Waals surface area contributed by atoms with Crippen molar-refractivity contribution in [3.63, 3.8) is 0 Å². The van der Waals surface area contributed by atoms with Gasteiger partial charge in [0.1, 0.15) is 12.7 Å². The minimum absolute atomic E-state index is 0.199. The molecular formula is C18H31NO6. The van der Waals surface area contributed by atoms with Crippen LogP contribution in [0.25, 0.3) is 0 Å². The molecule has 1 unspecified atom stereocenters. The van der Waals surface area contributed by atoms with Crippen molar-refractivity contribution < 1.29 is 28.5 Å². The Balaban J connectivity index is 2.10. The molecule has 0 amide bonds. The maximum atomic E-state index is 12.0. The second-order valence-electron chi connectivity index (χ2n) is 8.13. The first-order chi connectivity index (χ1) is 11.5. The highest BCUT2D eigenvalue weighted by molar-refractivity contribution is 5.72. The van der Waals surface area contributed by atoms with E-state index in [9.17, 15) is 9.59 Å². The van der Waals surface area contributed by atoms with Gasteiger partial charge >= 0.3 is 11.9 Å². The smallest absolute Gasteiger partial charge is 0.320 e. The van der Waals surface area contributed by atoms with Crippen molar-refractivity contribution in [1.82, 2.24) is 4.90 Å². The fraction of sp³-hybridized carbons (Fsp3) is 0.889. The van der Waals surface area contributed by atoms with E-state index < -0.39 is 5.79 Å². The Bertz CT molecular complexity index is 498. The number of esters is 2. The molecule has 2 heterocycles. The number of rotatable bonds is 5. The molecule has 2 rings (SSSR count). The Morgan fingerprint density at radius 3 is 2.24 bits per heavy atom. The van der Waals surface area contributed by atoms with Crippen LogP contribution in [0.2, 0.25) is 0 Å². The molecule has 1 spiro atoms. The van der Waals surface area contributed by atoms with Crippen LogP contribution >= 0.6 is 0 Å². The summed E-state index contributed by atoms with van der Waals surface area (Å²) in [7, 11) is 0. The standard InChI is InChI=1S/C18H31NO6/c1-7-22-15(21)8-19-16(3,4)11-18(12-17(19,5)6)24-10-14(25-18)9-23-13(2)20/h14H,7-12H2,1-6H3. The molecule has 2 aliphatic rings. The van der Waals surface area contributed by atoms with E-state index in [2.05, 4.69) is 32.6 Å². The summed E-state index contributed by atoms with van der Waals surface area (Å²) in [5.74, 6) is -1.27.